The molecule has 35 heavy (non-hydrogen) atoms. The molecule has 1 aromatic heterocycles. The van der Waals surface area contributed by atoms with Gasteiger partial charge in [0, 0.05) is 24.5 Å². The number of fused-ring (bicyclic) bond motifs is 1. The molecule has 0 atom stereocenters. The quantitative estimate of drug-likeness (QED) is 0.222. The minimum atomic E-state index is 0.0133. The summed E-state index contributed by atoms with van der Waals surface area (Å²) in [6.07, 6.45) is 3.86. The molecule has 0 spiro atoms. The van der Waals surface area contributed by atoms with Gasteiger partial charge in [-0.15, -0.1) is 0 Å². The normalized spacial score (nSPS) is 11.0. The van der Waals surface area contributed by atoms with Gasteiger partial charge in [-0.1, -0.05) is 59.6 Å². The Bertz CT molecular complexity index is 1250. The van der Waals surface area contributed by atoms with Gasteiger partial charge in [0.25, 0.3) is 0 Å². The van der Waals surface area contributed by atoms with Crippen molar-refractivity contribution in [2.24, 2.45) is 0 Å². The summed E-state index contributed by atoms with van der Waals surface area (Å²) in [4.78, 5) is 17.1. The Balaban J connectivity index is 1.26. The van der Waals surface area contributed by atoms with Gasteiger partial charge in [-0.05, 0) is 61.2 Å². The molecule has 0 aliphatic heterocycles. The van der Waals surface area contributed by atoms with Crippen molar-refractivity contribution in [3.05, 3.63) is 94.2 Å². The number of aryl methyl sites for hydroxylation is 2. The maximum atomic E-state index is 12.3. The number of carbonyl (C=O) groups is 1. The van der Waals surface area contributed by atoms with Gasteiger partial charge in [0.2, 0.25) is 5.91 Å². The second-order valence-corrected chi connectivity index (χ2v) is 9.25. The molecule has 182 valence electrons. The number of nitrogens with zero attached hydrogens (tertiary/aromatic N) is 2. The number of unbranched alkanes of at least 4 members (excludes halogenated alkanes) is 1. The Morgan fingerprint density at radius 3 is 2.51 bits per heavy atom. The monoisotopic (exact) mass is 509 g/mol. The highest BCUT2D eigenvalue weighted by molar-refractivity contribution is 6.32. The van der Waals surface area contributed by atoms with Gasteiger partial charge in [0.15, 0.2) is 0 Å². The van der Waals surface area contributed by atoms with Gasteiger partial charge in [-0.3, -0.25) is 4.79 Å². The maximum Gasteiger partial charge on any atom is 0.224 e. The van der Waals surface area contributed by atoms with Crippen LogP contribution >= 0.6 is 23.2 Å². The highest BCUT2D eigenvalue weighted by Gasteiger charge is 2.11. The fraction of sp³-hybridized carbons (Fsp3) is 0.286. The van der Waals surface area contributed by atoms with Crippen molar-refractivity contribution in [3.8, 4) is 5.75 Å². The lowest BCUT2D eigenvalue weighted by molar-refractivity contribution is -0.120. The molecule has 0 bridgehead atoms. The molecule has 0 saturated carbocycles. The summed E-state index contributed by atoms with van der Waals surface area (Å²) in [6, 6.07) is 23.1. The first-order valence-corrected chi connectivity index (χ1v) is 12.7. The Kier molecular flexibility index (Phi) is 9.04. The largest absolute Gasteiger partial charge is 0.492 e. The van der Waals surface area contributed by atoms with Crippen LogP contribution in [0.1, 0.15) is 30.7 Å². The molecule has 3 aromatic carbocycles. The Morgan fingerprint density at radius 2 is 1.69 bits per heavy atom. The van der Waals surface area contributed by atoms with Crippen molar-refractivity contribution >= 4 is 40.1 Å². The lowest BCUT2D eigenvalue weighted by Gasteiger charge is -2.11. The van der Waals surface area contributed by atoms with E-state index >= 15 is 0 Å². The van der Waals surface area contributed by atoms with E-state index in [4.69, 9.17) is 32.9 Å². The number of amides is 1. The number of ether oxygens (including phenoxy) is 1. The van der Waals surface area contributed by atoms with Crippen molar-refractivity contribution in [1.29, 1.82) is 0 Å². The third-order valence-electron chi connectivity index (χ3n) is 5.78. The van der Waals surface area contributed by atoms with E-state index in [0.29, 0.717) is 29.6 Å². The Labute approximate surface area is 216 Å². The molecule has 4 aromatic rings. The number of hydrogen-bond acceptors (Lipinski definition) is 3. The summed E-state index contributed by atoms with van der Waals surface area (Å²) in [6.45, 7) is 2.09. The molecule has 1 heterocycles. The predicted octanol–water partition coefficient (Wildman–Crippen LogP) is 6.49. The third kappa shape index (κ3) is 7.23. The molecule has 5 nitrogen and oxygen atoms in total. The zero-order valence-electron chi connectivity index (χ0n) is 19.6. The van der Waals surface area contributed by atoms with Crippen LogP contribution in [0.25, 0.3) is 11.0 Å². The number of hydrogen-bond donors (Lipinski definition) is 1. The zero-order valence-corrected chi connectivity index (χ0v) is 21.1. The van der Waals surface area contributed by atoms with Crippen LogP contribution in [0.2, 0.25) is 10.0 Å². The van der Waals surface area contributed by atoms with Crippen LogP contribution in [0, 0.1) is 0 Å². The number of aromatic nitrogens is 2. The summed E-state index contributed by atoms with van der Waals surface area (Å²) in [5, 5.41) is 4.32. The van der Waals surface area contributed by atoms with Gasteiger partial charge < -0.3 is 14.6 Å². The zero-order chi connectivity index (χ0) is 24.5. The fourth-order valence-electron chi connectivity index (χ4n) is 4.01. The first-order valence-electron chi connectivity index (χ1n) is 11.9. The average Bonchev–Trinajstić information content (AvgIpc) is 3.21. The molecule has 0 fully saturated rings. The van der Waals surface area contributed by atoms with Crippen LogP contribution in [-0.2, 0) is 24.2 Å². The van der Waals surface area contributed by atoms with Gasteiger partial charge >= 0.3 is 0 Å². The van der Waals surface area contributed by atoms with Gasteiger partial charge in [-0.25, -0.2) is 4.98 Å². The SMILES string of the molecule is O=C(Cc1ccc(Cl)cc1)NCCCc1nc2ccccc2n1CCCCOc1ccccc1Cl. The predicted molar refractivity (Wildman–Crippen MR) is 142 cm³/mol. The van der Waals surface area contributed by atoms with E-state index in [1.165, 1.54) is 0 Å². The standard InChI is InChI=1S/C28H29Cl2N3O2/c29-22-15-13-21(14-16-22)20-28(34)31-17-7-12-27-32-24-9-2-3-10-25(24)33(27)18-5-6-19-35-26-11-4-1-8-23(26)30/h1-4,8-11,13-16H,5-7,12,17-20H2,(H,31,34). The van der Waals surface area contributed by atoms with E-state index in [-0.39, 0.29) is 5.91 Å². The molecule has 1 amide bonds. The maximum absolute atomic E-state index is 12.3. The Morgan fingerprint density at radius 1 is 0.914 bits per heavy atom. The number of nitrogens with one attached hydrogen (secondary N) is 1. The highest BCUT2D eigenvalue weighted by Crippen LogP contribution is 2.23. The molecule has 0 radical (unpaired) electrons. The van der Waals surface area contributed by atoms with Gasteiger partial charge in [0.05, 0.1) is 29.1 Å². The molecular formula is C28H29Cl2N3O2. The summed E-state index contributed by atoms with van der Waals surface area (Å²) < 4.78 is 8.11. The van der Waals surface area contributed by atoms with Crippen molar-refractivity contribution in [2.45, 2.75) is 38.6 Å². The lowest BCUT2D eigenvalue weighted by atomic mass is 10.1. The van der Waals surface area contributed by atoms with E-state index in [9.17, 15) is 4.79 Å². The topological polar surface area (TPSA) is 56.2 Å². The summed E-state index contributed by atoms with van der Waals surface area (Å²) in [7, 11) is 0. The number of benzene rings is 3. The van der Waals surface area contributed by atoms with Crippen LogP contribution < -0.4 is 10.1 Å². The Hall–Kier alpha value is -3.02. The average molecular weight is 510 g/mol. The molecule has 0 saturated heterocycles. The number of para-hydroxylation sites is 3. The number of halogens is 2. The van der Waals surface area contributed by atoms with Crippen LogP contribution in [0.5, 0.6) is 5.75 Å². The fourth-order valence-corrected chi connectivity index (χ4v) is 4.32. The minimum Gasteiger partial charge on any atom is -0.492 e. The van der Waals surface area contributed by atoms with E-state index in [0.717, 1.165) is 60.4 Å². The van der Waals surface area contributed by atoms with Crippen LogP contribution in [0.15, 0.2) is 72.8 Å². The molecule has 0 aliphatic rings. The first-order chi connectivity index (χ1) is 17.1. The molecule has 0 aliphatic carbocycles. The van der Waals surface area contributed by atoms with Crippen molar-refractivity contribution in [2.75, 3.05) is 13.2 Å². The molecule has 1 N–H and O–H groups in total. The van der Waals surface area contributed by atoms with Crippen LogP contribution in [0.3, 0.4) is 0 Å². The van der Waals surface area contributed by atoms with Gasteiger partial charge in [0.1, 0.15) is 11.6 Å². The third-order valence-corrected chi connectivity index (χ3v) is 6.35. The molecule has 0 unspecified atom stereocenters. The number of imidazole rings is 1. The van der Waals surface area contributed by atoms with E-state index < -0.39 is 0 Å². The van der Waals surface area contributed by atoms with Gasteiger partial charge in [-0.2, -0.15) is 0 Å². The second kappa shape index (κ2) is 12.6. The summed E-state index contributed by atoms with van der Waals surface area (Å²) in [5.41, 5.74) is 3.09. The lowest BCUT2D eigenvalue weighted by Crippen LogP contribution is -2.26. The number of carbonyl (C=O) groups excluding carboxylic acids is 1. The molecule has 7 heteroatoms. The summed E-state index contributed by atoms with van der Waals surface area (Å²) in [5.74, 6) is 1.78. The van der Waals surface area contributed by atoms with Crippen LogP contribution in [0.4, 0.5) is 0 Å². The highest BCUT2D eigenvalue weighted by atomic mass is 35.5. The second-order valence-electron chi connectivity index (χ2n) is 8.41. The van der Waals surface area contributed by atoms with E-state index in [2.05, 4.69) is 16.0 Å². The first kappa shape index (κ1) is 25.1. The molecular weight excluding hydrogens is 481 g/mol. The van der Waals surface area contributed by atoms with Crippen molar-refractivity contribution in [1.82, 2.24) is 14.9 Å². The minimum absolute atomic E-state index is 0.0133. The summed E-state index contributed by atoms with van der Waals surface area (Å²) >= 11 is 12.1. The van der Waals surface area contributed by atoms with E-state index in [1.54, 1.807) is 12.1 Å². The van der Waals surface area contributed by atoms with E-state index in [1.807, 2.05) is 54.6 Å². The van der Waals surface area contributed by atoms with Crippen LogP contribution in [-0.4, -0.2) is 28.6 Å². The van der Waals surface area contributed by atoms with Crippen molar-refractivity contribution < 1.29 is 9.53 Å². The number of rotatable bonds is 12. The molecule has 4 rings (SSSR count). The van der Waals surface area contributed by atoms with Crippen molar-refractivity contribution in [3.63, 3.8) is 0 Å². The smallest absolute Gasteiger partial charge is 0.224 e.